The maximum absolute atomic E-state index is 3.53. The average molecular weight is 257 g/mol. The lowest BCUT2D eigenvalue weighted by Gasteiger charge is -2.19. The molecule has 0 radical (unpaired) electrons. The standard InChI is InChI=1S/C18H27N/c1-19-18(12-9-14-5-2-3-6-14)17-11-10-15-7-4-8-16(15)13-17/h10-11,13-14,18-19H,2-9,12H2,1H3. The molecule has 0 heterocycles. The summed E-state index contributed by atoms with van der Waals surface area (Å²) in [6.45, 7) is 0. The molecule has 104 valence electrons. The maximum Gasteiger partial charge on any atom is 0.0317 e. The molecule has 1 N–H and O–H groups in total. The SMILES string of the molecule is CNC(CCC1CCCC1)c1ccc2c(c1)CCC2. The van der Waals surface area contributed by atoms with Crippen LogP contribution in [0.15, 0.2) is 18.2 Å². The lowest BCUT2D eigenvalue weighted by Crippen LogP contribution is -2.17. The first-order valence-electron chi connectivity index (χ1n) is 8.16. The van der Waals surface area contributed by atoms with Crippen LogP contribution in [0.5, 0.6) is 0 Å². The van der Waals surface area contributed by atoms with Gasteiger partial charge in [-0.3, -0.25) is 0 Å². The van der Waals surface area contributed by atoms with E-state index < -0.39 is 0 Å². The van der Waals surface area contributed by atoms with Crippen LogP contribution in [-0.2, 0) is 12.8 Å². The van der Waals surface area contributed by atoms with Gasteiger partial charge >= 0.3 is 0 Å². The monoisotopic (exact) mass is 257 g/mol. The number of fused-ring (bicyclic) bond motifs is 1. The molecule has 1 fully saturated rings. The van der Waals surface area contributed by atoms with Gasteiger partial charge in [-0.2, -0.15) is 0 Å². The predicted octanol–water partition coefficient (Wildman–Crippen LogP) is 4.41. The molecule has 19 heavy (non-hydrogen) atoms. The van der Waals surface area contributed by atoms with Crippen molar-refractivity contribution in [2.24, 2.45) is 5.92 Å². The topological polar surface area (TPSA) is 12.0 Å². The second-order valence-electron chi connectivity index (χ2n) is 6.45. The predicted molar refractivity (Wildman–Crippen MR) is 81.5 cm³/mol. The van der Waals surface area contributed by atoms with E-state index >= 15 is 0 Å². The van der Waals surface area contributed by atoms with Crippen LogP contribution in [0.4, 0.5) is 0 Å². The number of nitrogens with one attached hydrogen (secondary N) is 1. The molecule has 2 aliphatic rings. The summed E-state index contributed by atoms with van der Waals surface area (Å²) in [5, 5.41) is 3.53. The van der Waals surface area contributed by atoms with Gasteiger partial charge in [-0.25, -0.2) is 0 Å². The number of hydrogen-bond donors (Lipinski definition) is 1. The van der Waals surface area contributed by atoms with E-state index in [0.717, 1.165) is 5.92 Å². The summed E-state index contributed by atoms with van der Waals surface area (Å²) >= 11 is 0. The van der Waals surface area contributed by atoms with Crippen LogP contribution < -0.4 is 5.32 Å². The van der Waals surface area contributed by atoms with E-state index in [-0.39, 0.29) is 0 Å². The van der Waals surface area contributed by atoms with Crippen molar-refractivity contribution in [3.8, 4) is 0 Å². The van der Waals surface area contributed by atoms with Crippen LogP contribution in [0, 0.1) is 5.92 Å². The van der Waals surface area contributed by atoms with Crippen LogP contribution in [0.1, 0.15) is 67.7 Å². The van der Waals surface area contributed by atoms with Gasteiger partial charge < -0.3 is 5.32 Å². The second kappa shape index (κ2) is 6.09. The first kappa shape index (κ1) is 13.2. The zero-order valence-corrected chi connectivity index (χ0v) is 12.3. The van der Waals surface area contributed by atoms with Crippen molar-refractivity contribution in [1.82, 2.24) is 5.32 Å². The minimum Gasteiger partial charge on any atom is -0.313 e. The van der Waals surface area contributed by atoms with Crippen molar-refractivity contribution in [2.45, 2.75) is 63.8 Å². The third-order valence-electron chi connectivity index (χ3n) is 5.21. The highest BCUT2D eigenvalue weighted by Gasteiger charge is 2.19. The normalized spacial score (nSPS) is 20.7. The third kappa shape index (κ3) is 3.02. The molecule has 1 aromatic carbocycles. The first-order valence-corrected chi connectivity index (χ1v) is 8.16. The summed E-state index contributed by atoms with van der Waals surface area (Å²) in [5.74, 6) is 1.00. The zero-order chi connectivity index (χ0) is 13.1. The molecule has 0 aromatic heterocycles. The van der Waals surface area contributed by atoms with E-state index in [2.05, 4.69) is 30.6 Å². The molecule has 0 saturated heterocycles. The zero-order valence-electron chi connectivity index (χ0n) is 12.3. The van der Waals surface area contributed by atoms with Crippen molar-refractivity contribution in [3.05, 3.63) is 34.9 Å². The van der Waals surface area contributed by atoms with Gasteiger partial charge in [0.1, 0.15) is 0 Å². The number of aryl methyl sites for hydroxylation is 2. The van der Waals surface area contributed by atoms with Crippen LogP contribution >= 0.6 is 0 Å². The number of hydrogen-bond acceptors (Lipinski definition) is 1. The highest BCUT2D eigenvalue weighted by molar-refractivity contribution is 5.36. The Morgan fingerprint density at radius 1 is 1.11 bits per heavy atom. The molecule has 0 bridgehead atoms. The largest absolute Gasteiger partial charge is 0.313 e. The summed E-state index contributed by atoms with van der Waals surface area (Å²) in [6.07, 6.45) is 12.5. The summed E-state index contributed by atoms with van der Waals surface area (Å²) < 4.78 is 0. The summed E-state index contributed by atoms with van der Waals surface area (Å²) in [6, 6.07) is 7.77. The second-order valence-corrected chi connectivity index (χ2v) is 6.45. The van der Waals surface area contributed by atoms with Gasteiger partial charge in [-0.05, 0) is 61.8 Å². The first-order chi connectivity index (χ1) is 9.36. The fraction of sp³-hybridized carbons (Fsp3) is 0.667. The Balaban J connectivity index is 1.64. The Labute approximate surface area is 117 Å². The van der Waals surface area contributed by atoms with E-state index in [1.807, 2.05) is 0 Å². The lowest BCUT2D eigenvalue weighted by molar-refractivity contribution is 0.427. The fourth-order valence-electron chi connectivity index (χ4n) is 3.99. The Bertz CT molecular complexity index is 418. The molecule has 2 aliphatic carbocycles. The van der Waals surface area contributed by atoms with Crippen molar-refractivity contribution >= 4 is 0 Å². The molecule has 1 nitrogen and oxygen atoms in total. The Kier molecular flexibility index (Phi) is 4.22. The van der Waals surface area contributed by atoms with E-state index in [1.165, 1.54) is 63.4 Å². The Hall–Kier alpha value is -0.820. The minimum absolute atomic E-state index is 0.562. The highest BCUT2D eigenvalue weighted by Crippen LogP contribution is 2.32. The van der Waals surface area contributed by atoms with Crippen molar-refractivity contribution in [1.29, 1.82) is 0 Å². The van der Waals surface area contributed by atoms with Gasteiger partial charge in [0.05, 0.1) is 0 Å². The molecule has 0 spiro atoms. The van der Waals surface area contributed by atoms with Crippen molar-refractivity contribution < 1.29 is 0 Å². The molecule has 0 amide bonds. The van der Waals surface area contributed by atoms with Gasteiger partial charge in [0.2, 0.25) is 0 Å². The van der Waals surface area contributed by atoms with Crippen LogP contribution in [-0.4, -0.2) is 7.05 Å². The summed E-state index contributed by atoms with van der Waals surface area (Å²) in [7, 11) is 2.12. The van der Waals surface area contributed by atoms with E-state index in [0.29, 0.717) is 6.04 Å². The highest BCUT2D eigenvalue weighted by atomic mass is 14.9. The van der Waals surface area contributed by atoms with Crippen molar-refractivity contribution in [3.63, 3.8) is 0 Å². The van der Waals surface area contributed by atoms with Crippen LogP contribution in [0.3, 0.4) is 0 Å². The number of rotatable bonds is 5. The number of benzene rings is 1. The Morgan fingerprint density at radius 3 is 2.68 bits per heavy atom. The average Bonchev–Trinajstić information content (AvgIpc) is 3.09. The van der Waals surface area contributed by atoms with Gasteiger partial charge in [-0.1, -0.05) is 43.9 Å². The van der Waals surface area contributed by atoms with Crippen LogP contribution in [0.25, 0.3) is 0 Å². The van der Waals surface area contributed by atoms with E-state index in [1.54, 1.807) is 11.1 Å². The van der Waals surface area contributed by atoms with Gasteiger partial charge in [0.15, 0.2) is 0 Å². The Morgan fingerprint density at radius 2 is 1.89 bits per heavy atom. The summed E-state index contributed by atoms with van der Waals surface area (Å²) in [4.78, 5) is 0. The third-order valence-corrected chi connectivity index (χ3v) is 5.21. The smallest absolute Gasteiger partial charge is 0.0317 e. The van der Waals surface area contributed by atoms with Gasteiger partial charge in [0, 0.05) is 6.04 Å². The van der Waals surface area contributed by atoms with E-state index in [9.17, 15) is 0 Å². The lowest BCUT2D eigenvalue weighted by atomic mass is 9.93. The molecule has 3 rings (SSSR count). The molecule has 0 aliphatic heterocycles. The molecule has 1 aromatic rings. The molecule has 1 atom stereocenters. The molecule has 1 unspecified atom stereocenters. The molecule has 1 saturated carbocycles. The minimum atomic E-state index is 0.562. The van der Waals surface area contributed by atoms with Gasteiger partial charge in [-0.15, -0.1) is 0 Å². The van der Waals surface area contributed by atoms with Crippen LogP contribution in [0.2, 0.25) is 0 Å². The summed E-state index contributed by atoms with van der Waals surface area (Å²) in [5.41, 5.74) is 4.72. The fourth-order valence-corrected chi connectivity index (χ4v) is 3.99. The molecule has 1 heteroatoms. The maximum atomic E-state index is 3.53. The molecular weight excluding hydrogens is 230 g/mol. The van der Waals surface area contributed by atoms with Gasteiger partial charge in [0.25, 0.3) is 0 Å². The quantitative estimate of drug-likeness (QED) is 0.824. The van der Waals surface area contributed by atoms with Crippen molar-refractivity contribution in [2.75, 3.05) is 7.05 Å². The molecular formula is C18H27N. The van der Waals surface area contributed by atoms with E-state index in [4.69, 9.17) is 0 Å².